The normalized spacial score (nSPS) is 15.3. The second kappa shape index (κ2) is 15.6. The highest BCUT2D eigenvalue weighted by Gasteiger charge is 2.32. The molecule has 44 heavy (non-hydrogen) atoms. The topological polar surface area (TPSA) is 140 Å². The molecule has 0 aliphatic carbocycles. The number of halogens is 2. The molecule has 1 aliphatic rings. The summed E-state index contributed by atoms with van der Waals surface area (Å²) >= 11 is 6.90. The zero-order chi connectivity index (χ0) is 31.6. The van der Waals surface area contributed by atoms with Gasteiger partial charge >= 0.3 is 12.0 Å². The Morgan fingerprint density at radius 2 is 1.75 bits per heavy atom. The van der Waals surface area contributed by atoms with Crippen molar-refractivity contribution in [1.29, 1.82) is 0 Å². The van der Waals surface area contributed by atoms with Crippen LogP contribution < -0.4 is 30.3 Å². The Bertz CT molecular complexity index is 1550. The number of amides is 2. The molecule has 0 unspecified atom stereocenters. The van der Waals surface area contributed by atoms with Crippen LogP contribution in [0.3, 0.4) is 0 Å². The second-order valence-corrected chi connectivity index (χ2v) is 11.3. The van der Waals surface area contributed by atoms with Crippen molar-refractivity contribution in [3.8, 4) is 17.2 Å². The Balaban J connectivity index is 1.40. The van der Waals surface area contributed by atoms with Gasteiger partial charge in [0.15, 0.2) is 17.7 Å². The molecule has 0 saturated carbocycles. The fourth-order valence-electron chi connectivity index (χ4n) is 4.31. The number of nitrogens with one attached hydrogen (secondary N) is 3. The first-order valence-electron chi connectivity index (χ1n) is 13.6. The summed E-state index contributed by atoms with van der Waals surface area (Å²) in [6.07, 6.45) is 0.396. The lowest BCUT2D eigenvalue weighted by molar-refractivity contribution is -0.136. The van der Waals surface area contributed by atoms with Gasteiger partial charge in [0.2, 0.25) is 0 Å². The Morgan fingerprint density at radius 1 is 1.02 bits per heavy atom. The number of hydrogen-bond donors (Lipinski definition) is 4. The third-order valence-electron chi connectivity index (χ3n) is 6.38. The van der Waals surface area contributed by atoms with E-state index in [1.54, 1.807) is 31.3 Å². The van der Waals surface area contributed by atoms with Crippen LogP contribution in [0.1, 0.15) is 36.6 Å². The number of nitrogens with zero attached hydrogens (tertiary/aromatic N) is 1. The van der Waals surface area contributed by atoms with Gasteiger partial charge in [0, 0.05) is 20.2 Å². The predicted molar refractivity (Wildman–Crippen MR) is 172 cm³/mol. The van der Waals surface area contributed by atoms with Crippen LogP contribution in [0.25, 0.3) is 0 Å². The zero-order valence-corrected chi connectivity index (χ0v) is 27.4. The fourth-order valence-corrected chi connectivity index (χ4v) is 4.95. The van der Waals surface area contributed by atoms with Crippen LogP contribution in [0.5, 0.6) is 17.2 Å². The van der Waals surface area contributed by atoms with Gasteiger partial charge in [0.05, 0.1) is 31.5 Å². The highest BCUT2D eigenvalue weighted by atomic mass is 79.9. The molecule has 0 aromatic heterocycles. The maximum Gasteiger partial charge on any atom is 0.337 e. The van der Waals surface area contributed by atoms with Crippen molar-refractivity contribution in [1.82, 2.24) is 16.1 Å². The summed E-state index contributed by atoms with van der Waals surface area (Å²) in [4.78, 5) is 24.6. The van der Waals surface area contributed by atoms with E-state index in [-0.39, 0.29) is 12.2 Å². The molecular weight excluding hydrogens is 700 g/mol. The van der Waals surface area contributed by atoms with Crippen LogP contribution in [0.2, 0.25) is 0 Å². The molecule has 11 nitrogen and oxygen atoms in total. The predicted octanol–water partition coefficient (Wildman–Crippen LogP) is 5.31. The molecule has 0 saturated heterocycles. The zero-order valence-electron chi connectivity index (χ0n) is 24.2. The van der Waals surface area contributed by atoms with Gasteiger partial charge in [0.25, 0.3) is 0 Å². The third kappa shape index (κ3) is 8.74. The van der Waals surface area contributed by atoms with E-state index in [1.165, 1.54) is 7.11 Å². The molecule has 0 bridgehead atoms. The molecule has 1 heterocycles. The molecule has 2 amide bonds. The molecule has 0 spiro atoms. The van der Waals surface area contributed by atoms with Crippen LogP contribution >= 0.6 is 31.9 Å². The highest BCUT2D eigenvalue weighted by Crippen LogP contribution is 2.35. The van der Waals surface area contributed by atoms with Crippen molar-refractivity contribution < 1.29 is 33.6 Å². The minimum atomic E-state index is -1.15. The molecule has 3 aromatic rings. The molecule has 4 N–H and O–H groups in total. The Kier molecular flexibility index (Phi) is 11.6. The maximum absolute atomic E-state index is 12.5. The van der Waals surface area contributed by atoms with Crippen LogP contribution in [0, 0.1) is 0 Å². The monoisotopic (exact) mass is 730 g/mol. The van der Waals surface area contributed by atoms with Crippen molar-refractivity contribution in [2.45, 2.75) is 32.7 Å². The summed E-state index contributed by atoms with van der Waals surface area (Å²) in [6.45, 7) is 4.01. The van der Waals surface area contributed by atoms with E-state index in [0.29, 0.717) is 47.3 Å². The fraction of sp³-hybridized carbons (Fsp3) is 0.258. The number of ether oxygens (including phenoxy) is 4. The van der Waals surface area contributed by atoms with E-state index in [9.17, 15) is 14.7 Å². The Morgan fingerprint density at radius 3 is 2.48 bits per heavy atom. The largest absolute Gasteiger partial charge is 0.490 e. The standard InChI is InChI=1S/C31H32Br2N4O7/c1-4-42-26-14-20(29-28(30(39)41-3)18(2)35-31(40)36-29)7-11-25(26)44-17-27(38)37-34-15-21-13-23(33)10-12-24(21)43-16-19-5-8-22(32)9-6-19/h5-15,27,29,37-38H,4,16-17H2,1-3H3,(H2,35,36,40)/b34-15-/t27-,29-/m1/s1. The van der Waals surface area contributed by atoms with Crippen molar-refractivity contribution in [2.24, 2.45) is 5.10 Å². The molecular formula is C31H32Br2N4O7. The second-order valence-electron chi connectivity index (χ2n) is 9.51. The molecule has 13 heteroatoms. The summed E-state index contributed by atoms with van der Waals surface area (Å²) in [5.74, 6) is 0.784. The van der Waals surface area contributed by atoms with Gasteiger partial charge in [-0.15, -0.1) is 0 Å². The van der Waals surface area contributed by atoms with E-state index in [1.807, 2.05) is 49.4 Å². The van der Waals surface area contributed by atoms with Gasteiger partial charge < -0.3 is 34.7 Å². The summed E-state index contributed by atoms with van der Waals surface area (Å²) < 4.78 is 24.3. The number of benzene rings is 3. The van der Waals surface area contributed by atoms with E-state index in [0.717, 1.165) is 14.5 Å². The minimum Gasteiger partial charge on any atom is -0.490 e. The number of aliphatic hydroxyl groups excluding tert-OH is 1. The number of rotatable bonds is 13. The van der Waals surface area contributed by atoms with E-state index in [2.05, 4.69) is 53.0 Å². The number of carbonyl (C=O) groups is 2. The first-order valence-corrected chi connectivity index (χ1v) is 15.2. The highest BCUT2D eigenvalue weighted by molar-refractivity contribution is 9.10. The number of aliphatic hydroxyl groups is 1. The quantitative estimate of drug-likeness (QED) is 0.0803. The van der Waals surface area contributed by atoms with Gasteiger partial charge in [-0.1, -0.05) is 50.1 Å². The number of allylic oxidation sites excluding steroid dienone is 1. The van der Waals surface area contributed by atoms with Crippen molar-refractivity contribution in [2.75, 3.05) is 20.3 Å². The molecule has 0 fully saturated rings. The van der Waals surface area contributed by atoms with Crippen LogP contribution in [-0.2, 0) is 16.1 Å². The molecule has 3 aromatic carbocycles. The summed E-state index contributed by atoms with van der Waals surface area (Å²) in [7, 11) is 1.28. The van der Waals surface area contributed by atoms with Gasteiger partial charge in [0.1, 0.15) is 19.0 Å². The van der Waals surface area contributed by atoms with Gasteiger partial charge in [-0.05, 0) is 67.4 Å². The number of carbonyl (C=O) groups excluding carboxylic acids is 2. The van der Waals surface area contributed by atoms with E-state index in [4.69, 9.17) is 18.9 Å². The Hall–Kier alpha value is -4.07. The summed E-state index contributed by atoms with van der Waals surface area (Å²) in [6, 6.07) is 17.2. The van der Waals surface area contributed by atoms with Gasteiger partial charge in [-0.3, -0.25) is 5.43 Å². The number of esters is 1. The SMILES string of the molecule is CCOc1cc([C@H]2NC(=O)NC(C)=C2C(=O)OC)ccc1OC[C@@H](O)N/N=C\c1cc(Br)ccc1OCc1ccc(Br)cc1. The lowest BCUT2D eigenvalue weighted by Gasteiger charge is -2.28. The average molecular weight is 732 g/mol. The first kappa shape index (κ1) is 32.8. The average Bonchev–Trinajstić information content (AvgIpc) is 3.00. The lowest BCUT2D eigenvalue weighted by atomic mass is 9.95. The number of hydrogen-bond acceptors (Lipinski definition) is 9. The van der Waals surface area contributed by atoms with E-state index < -0.39 is 24.3 Å². The van der Waals surface area contributed by atoms with Crippen molar-refractivity contribution in [3.05, 3.63) is 97.6 Å². The molecule has 1 aliphatic heterocycles. The summed E-state index contributed by atoms with van der Waals surface area (Å²) in [5, 5.41) is 20.0. The van der Waals surface area contributed by atoms with Crippen LogP contribution in [-0.4, -0.2) is 49.9 Å². The number of hydrazone groups is 1. The van der Waals surface area contributed by atoms with Crippen molar-refractivity contribution >= 4 is 50.1 Å². The summed E-state index contributed by atoms with van der Waals surface area (Å²) in [5.41, 5.74) is 5.62. The number of methoxy groups -OCH3 is 1. The molecule has 0 radical (unpaired) electrons. The minimum absolute atomic E-state index is 0.154. The number of urea groups is 1. The molecule has 2 atom stereocenters. The van der Waals surface area contributed by atoms with Gasteiger partial charge in [-0.2, -0.15) is 5.10 Å². The van der Waals surface area contributed by atoms with Crippen molar-refractivity contribution in [3.63, 3.8) is 0 Å². The van der Waals surface area contributed by atoms with E-state index >= 15 is 0 Å². The molecule has 4 rings (SSSR count). The van der Waals surface area contributed by atoms with Gasteiger partial charge in [-0.25, -0.2) is 9.59 Å². The lowest BCUT2D eigenvalue weighted by Crippen LogP contribution is -2.45. The molecule has 232 valence electrons. The Labute approximate surface area is 271 Å². The maximum atomic E-state index is 12.5. The van der Waals surface area contributed by atoms with Crippen LogP contribution in [0.15, 0.2) is 86.0 Å². The smallest absolute Gasteiger partial charge is 0.337 e. The van der Waals surface area contributed by atoms with Crippen LogP contribution in [0.4, 0.5) is 4.79 Å². The third-order valence-corrected chi connectivity index (χ3v) is 7.40. The first-order chi connectivity index (χ1) is 21.2.